The lowest BCUT2D eigenvalue weighted by Crippen LogP contribution is -2.18. The number of rotatable bonds is 5. The maximum absolute atomic E-state index is 4.07. The molecule has 2 aromatic carbocycles. The van der Waals surface area contributed by atoms with E-state index in [1.807, 2.05) is 23.2 Å². The molecule has 0 aliphatic carbocycles. The molecule has 0 amide bonds. The van der Waals surface area contributed by atoms with E-state index in [0.29, 0.717) is 6.04 Å². The number of imidazole rings is 1. The van der Waals surface area contributed by atoms with Crippen molar-refractivity contribution in [3.8, 4) is 5.69 Å². The fraction of sp³-hybridized carbons (Fsp3) is 0.167. The molecular weight excluding hydrogens is 374 g/mol. The normalized spacial score (nSPS) is 11.7. The van der Waals surface area contributed by atoms with Crippen molar-refractivity contribution in [1.82, 2.24) is 14.9 Å². The molecular formula is C18H19BrClN3. The summed E-state index contributed by atoms with van der Waals surface area (Å²) in [6.07, 6.45) is 5.54. The first-order valence-corrected chi connectivity index (χ1v) is 8.08. The van der Waals surface area contributed by atoms with Crippen LogP contribution in [0.4, 0.5) is 0 Å². The van der Waals surface area contributed by atoms with Crippen LogP contribution < -0.4 is 5.32 Å². The molecule has 1 unspecified atom stereocenters. The minimum atomic E-state index is 0. The number of halogens is 2. The number of hydrogen-bond acceptors (Lipinski definition) is 2. The summed E-state index contributed by atoms with van der Waals surface area (Å²) in [7, 11) is 0. The second-order valence-electron chi connectivity index (χ2n) is 5.26. The first-order valence-electron chi connectivity index (χ1n) is 7.29. The zero-order valence-electron chi connectivity index (χ0n) is 12.8. The average Bonchev–Trinajstić information content (AvgIpc) is 3.08. The van der Waals surface area contributed by atoms with Crippen LogP contribution in [0, 0.1) is 0 Å². The highest BCUT2D eigenvalue weighted by atomic mass is 79.9. The first-order chi connectivity index (χ1) is 10.7. The van der Waals surface area contributed by atoms with Gasteiger partial charge in [-0.15, -0.1) is 12.4 Å². The summed E-state index contributed by atoms with van der Waals surface area (Å²) in [5, 5.41) is 3.56. The Morgan fingerprint density at radius 1 is 1.13 bits per heavy atom. The van der Waals surface area contributed by atoms with E-state index in [4.69, 9.17) is 0 Å². The molecule has 3 aromatic rings. The van der Waals surface area contributed by atoms with E-state index in [-0.39, 0.29) is 12.4 Å². The van der Waals surface area contributed by atoms with Gasteiger partial charge in [0.05, 0.1) is 6.33 Å². The third-order valence-corrected chi connectivity index (χ3v) is 4.53. The molecule has 3 rings (SSSR count). The summed E-state index contributed by atoms with van der Waals surface area (Å²) in [4.78, 5) is 4.07. The Balaban J connectivity index is 0.00000192. The minimum Gasteiger partial charge on any atom is -0.306 e. The van der Waals surface area contributed by atoms with Crippen LogP contribution in [0.1, 0.15) is 24.1 Å². The minimum absolute atomic E-state index is 0. The fourth-order valence-corrected chi connectivity index (χ4v) is 2.79. The maximum Gasteiger partial charge on any atom is 0.0991 e. The smallest absolute Gasteiger partial charge is 0.0991 e. The van der Waals surface area contributed by atoms with Gasteiger partial charge in [0.25, 0.3) is 0 Å². The molecule has 120 valence electrons. The van der Waals surface area contributed by atoms with Crippen molar-refractivity contribution in [2.24, 2.45) is 0 Å². The van der Waals surface area contributed by atoms with Crippen molar-refractivity contribution in [2.45, 2.75) is 19.5 Å². The lowest BCUT2D eigenvalue weighted by molar-refractivity contribution is 0.573. The highest BCUT2D eigenvalue weighted by molar-refractivity contribution is 9.10. The van der Waals surface area contributed by atoms with Gasteiger partial charge in [-0.2, -0.15) is 0 Å². The quantitative estimate of drug-likeness (QED) is 0.669. The first kappa shape index (κ1) is 17.7. The van der Waals surface area contributed by atoms with E-state index in [0.717, 1.165) is 16.7 Å². The van der Waals surface area contributed by atoms with Crippen molar-refractivity contribution in [1.29, 1.82) is 0 Å². The molecule has 0 fully saturated rings. The Labute approximate surface area is 151 Å². The molecule has 0 spiro atoms. The average molecular weight is 393 g/mol. The third kappa shape index (κ3) is 4.44. The van der Waals surface area contributed by atoms with Gasteiger partial charge in [-0.25, -0.2) is 4.98 Å². The van der Waals surface area contributed by atoms with Gasteiger partial charge < -0.3 is 9.88 Å². The van der Waals surface area contributed by atoms with Crippen LogP contribution in [0.15, 0.2) is 71.7 Å². The van der Waals surface area contributed by atoms with Gasteiger partial charge >= 0.3 is 0 Å². The van der Waals surface area contributed by atoms with Crippen molar-refractivity contribution in [3.63, 3.8) is 0 Å². The molecule has 1 atom stereocenters. The van der Waals surface area contributed by atoms with Crippen molar-refractivity contribution >= 4 is 28.3 Å². The third-order valence-electron chi connectivity index (χ3n) is 3.75. The van der Waals surface area contributed by atoms with E-state index in [9.17, 15) is 0 Å². The van der Waals surface area contributed by atoms with Gasteiger partial charge in [-0.3, -0.25) is 0 Å². The van der Waals surface area contributed by atoms with Crippen molar-refractivity contribution < 1.29 is 0 Å². The molecule has 1 heterocycles. The summed E-state index contributed by atoms with van der Waals surface area (Å²) in [5.41, 5.74) is 3.67. The maximum atomic E-state index is 4.07. The van der Waals surface area contributed by atoms with Crippen LogP contribution in [0.25, 0.3) is 5.69 Å². The Bertz CT molecular complexity index is 726. The lowest BCUT2D eigenvalue weighted by Gasteiger charge is -2.15. The van der Waals surface area contributed by atoms with Crippen LogP contribution >= 0.6 is 28.3 Å². The highest BCUT2D eigenvalue weighted by Crippen LogP contribution is 2.19. The van der Waals surface area contributed by atoms with Gasteiger partial charge in [0, 0.05) is 35.1 Å². The SMILES string of the molecule is CC(NCc1ccccc1Br)c1ccc(-n2ccnc2)cc1.Cl. The molecule has 1 aromatic heterocycles. The number of hydrogen-bond donors (Lipinski definition) is 1. The second kappa shape index (κ2) is 8.29. The van der Waals surface area contributed by atoms with Crippen LogP contribution in [-0.4, -0.2) is 9.55 Å². The molecule has 0 aliphatic heterocycles. The summed E-state index contributed by atoms with van der Waals surface area (Å²) in [6, 6.07) is 17.1. The van der Waals surface area contributed by atoms with Crippen LogP contribution in [0.3, 0.4) is 0 Å². The Kier molecular flexibility index (Phi) is 6.39. The van der Waals surface area contributed by atoms with E-state index < -0.39 is 0 Å². The van der Waals surface area contributed by atoms with Gasteiger partial charge in [-0.1, -0.05) is 46.3 Å². The van der Waals surface area contributed by atoms with Gasteiger partial charge in [0.15, 0.2) is 0 Å². The predicted molar refractivity (Wildman–Crippen MR) is 100 cm³/mol. The van der Waals surface area contributed by atoms with Gasteiger partial charge in [0.1, 0.15) is 0 Å². The molecule has 0 bridgehead atoms. The van der Waals surface area contributed by atoms with Crippen LogP contribution in [0.5, 0.6) is 0 Å². The van der Waals surface area contributed by atoms with Gasteiger partial charge in [0.2, 0.25) is 0 Å². The molecule has 0 aliphatic rings. The molecule has 0 radical (unpaired) electrons. The van der Waals surface area contributed by atoms with E-state index in [1.165, 1.54) is 11.1 Å². The second-order valence-corrected chi connectivity index (χ2v) is 6.11. The molecule has 3 nitrogen and oxygen atoms in total. The predicted octanol–water partition coefficient (Wildman–Crippen LogP) is 4.91. The van der Waals surface area contributed by atoms with Crippen LogP contribution in [0.2, 0.25) is 0 Å². The number of aromatic nitrogens is 2. The lowest BCUT2D eigenvalue weighted by atomic mass is 10.1. The molecule has 23 heavy (non-hydrogen) atoms. The van der Waals surface area contributed by atoms with Crippen LogP contribution in [-0.2, 0) is 6.54 Å². The Morgan fingerprint density at radius 2 is 1.87 bits per heavy atom. The number of nitrogens with one attached hydrogen (secondary N) is 1. The Hall–Kier alpha value is -1.62. The van der Waals surface area contributed by atoms with Gasteiger partial charge in [-0.05, 0) is 36.2 Å². The molecule has 5 heteroatoms. The number of nitrogens with zero attached hydrogens (tertiary/aromatic N) is 2. The summed E-state index contributed by atoms with van der Waals surface area (Å²) < 4.78 is 3.15. The largest absolute Gasteiger partial charge is 0.306 e. The standard InChI is InChI=1S/C18H18BrN3.ClH/c1-14(21-12-16-4-2-3-5-18(16)19)15-6-8-17(9-7-15)22-11-10-20-13-22;/h2-11,13-14,21H,12H2,1H3;1H. The monoisotopic (exact) mass is 391 g/mol. The fourth-order valence-electron chi connectivity index (χ4n) is 2.37. The zero-order chi connectivity index (χ0) is 15.4. The highest BCUT2D eigenvalue weighted by Gasteiger charge is 2.06. The molecule has 0 saturated carbocycles. The zero-order valence-corrected chi connectivity index (χ0v) is 15.2. The van der Waals surface area contributed by atoms with E-state index in [2.05, 4.69) is 75.6 Å². The summed E-state index contributed by atoms with van der Waals surface area (Å²) >= 11 is 3.59. The summed E-state index contributed by atoms with van der Waals surface area (Å²) in [6.45, 7) is 3.02. The Morgan fingerprint density at radius 3 is 2.52 bits per heavy atom. The molecule has 1 N–H and O–H groups in total. The topological polar surface area (TPSA) is 29.9 Å². The van der Waals surface area contributed by atoms with E-state index in [1.54, 1.807) is 6.20 Å². The number of benzene rings is 2. The molecule has 0 saturated heterocycles. The summed E-state index contributed by atoms with van der Waals surface area (Å²) in [5.74, 6) is 0. The van der Waals surface area contributed by atoms with E-state index >= 15 is 0 Å². The van der Waals surface area contributed by atoms with Crippen molar-refractivity contribution in [3.05, 3.63) is 82.9 Å². The van der Waals surface area contributed by atoms with Crippen molar-refractivity contribution in [2.75, 3.05) is 0 Å².